The second-order valence-corrected chi connectivity index (χ2v) is 7.55. The van der Waals surface area contributed by atoms with Gasteiger partial charge in [-0.2, -0.15) is 0 Å². The van der Waals surface area contributed by atoms with Crippen molar-refractivity contribution in [3.8, 4) is 0 Å². The quantitative estimate of drug-likeness (QED) is 0.320. The maximum atomic E-state index is 11.4. The number of carbonyl (C=O) groups excluding carboxylic acids is 1. The molecule has 0 saturated carbocycles. The van der Waals surface area contributed by atoms with E-state index in [2.05, 4.69) is 13.8 Å². The van der Waals surface area contributed by atoms with E-state index in [9.17, 15) is 4.79 Å². The lowest BCUT2D eigenvalue weighted by Gasteiger charge is -2.05. The van der Waals surface area contributed by atoms with Gasteiger partial charge < -0.3 is 5.11 Å². The first-order valence-corrected chi connectivity index (χ1v) is 10.1. The molecule has 1 radical (unpaired) electrons. The Morgan fingerprint density at radius 1 is 0.739 bits per heavy atom. The van der Waals surface area contributed by atoms with Crippen LogP contribution in [0.2, 0.25) is 0 Å². The fourth-order valence-corrected chi connectivity index (χ4v) is 2.97. The molecule has 0 rings (SSSR count). The van der Waals surface area contributed by atoms with Crippen LogP contribution in [0.3, 0.4) is 0 Å². The molecule has 0 bridgehead atoms. The van der Waals surface area contributed by atoms with Crippen molar-refractivity contribution >= 4 is 5.78 Å². The molecule has 2 nitrogen and oxygen atoms in total. The van der Waals surface area contributed by atoms with Gasteiger partial charge in [0, 0.05) is 6.42 Å². The molecular weight excluding hydrogens is 284 g/mol. The molecule has 23 heavy (non-hydrogen) atoms. The van der Waals surface area contributed by atoms with E-state index in [1.807, 2.05) is 0 Å². The van der Waals surface area contributed by atoms with Crippen LogP contribution in [0.5, 0.6) is 0 Å². The zero-order chi connectivity index (χ0) is 17.3. The Morgan fingerprint density at radius 2 is 1.13 bits per heavy atom. The van der Waals surface area contributed by atoms with Gasteiger partial charge in [0.15, 0.2) is 0 Å². The molecule has 137 valence electrons. The van der Waals surface area contributed by atoms with Crippen molar-refractivity contribution in [1.82, 2.24) is 0 Å². The zero-order valence-electron chi connectivity index (χ0n) is 16.0. The molecule has 1 atom stereocenters. The first-order valence-electron chi connectivity index (χ1n) is 10.1. The van der Waals surface area contributed by atoms with Crippen LogP contribution in [0.4, 0.5) is 0 Å². The predicted octanol–water partition coefficient (Wildman–Crippen LogP) is 6.26. The van der Waals surface area contributed by atoms with Crippen LogP contribution in [-0.2, 0) is 4.79 Å². The van der Waals surface area contributed by atoms with Gasteiger partial charge in [-0.15, -0.1) is 0 Å². The molecule has 0 heterocycles. The lowest BCUT2D eigenvalue weighted by molar-refractivity contribution is -0.116. The van der Waals surface area contributed by atoms with Crippen LogP contribution in [0.1, 0.15) is 111 Å². The summed E-state index contributed by atoms with van der Waals surface area (Å²) in [5, 5.41) is 9.07. The molecule has 0 aromatic heterocycles. The topological polar surface area (TPSA) is 37.3 Å². The van der Waals surface area contributed by atoms with Crippen molar-refractivity contribution < 1.29 is 9.90 Å². The first kappa shape index (κ1) is 22.6. The average Bonchev–Trinajstić information content (AvgIpc) is 2.46. The summed E-state index contributed by atoms with van der Waals surface area (Å²) < 4.78 is 0. The van der Waals surface area contributed by atoms with Crippen molar-refractivity contribution in [2.45, 2.75) is 117 Å². The molecule has 1 N–H and O–H groups in total. The monoisotopic (exact) mass is 325 g/mol. The summed E-state index contributed by atoms with van der Waals surface area (Å²) in [4.78, 5) is 11.4. The maximum Gasteiger partial charge on any atom is 0.139 e. The Balaban J connectivity index is 3.09. The minimum absolute atomic E-state index is 0.0911. The average molecular weight is 326 g/mol. The molecule has 2 heteroatoms. The molecule has 0 aliphatic rings. The Bertz CT molecular complexity index is 259. The van der Waals surface area contributed by atoms with Gasteiger partial charge in [0.25, 0.3) is 0 Å². The third kappa shape index (κ3) is 19.6. The summed E-state index contributed by atoms with van der Waals surface area (Å²) in [6.45, 7) is 6.25. The fourth-order valence-electron chi connectivity index (χ4n) is 2.97. The molecule has 0 saturated heterocycles. The van der Waals surface area contributed by atoms with Gasteiger partial charge in [-0.3, -0.25) is 4.79 Å². The van der Waals surface area contributed by atoms with Gasteiger partial charge in [0.2, 0.25) is 0 Å². The van der Waals surface area contributed by atoms with E-state index in [0.29, 0.717) is 6.42 Å². The number of carbonyl (C=O) groups is 1. The van der Waals surface area contributed by atoms with E-state index in [4.69, 9.17) is 5.11 Å². The molecule has 0 aliphatic carbocycles. The number of unbranched alkanes of at least 4 members (excludes halogenated alkanes) is 11. The number of ketones is 1. The minimum atomic E-state index is -0.599. The number of hydrogen-bond acceptors (Lipinski definition) is 2. The van der Waals surface area contributed by atoms with Crippen LogP contribution in [0.25, 0.3) is 0 Å². The molecule has 0 fully saturated rings. The minimum Gasteiger partial charge on any atom is -0.393 e. The largest absolute Gasteiger partial charge is 0.393 e. The summed E-state index contributed by atoms with van der Waals surface area (Å²) in [6, 6.07) is 0. The highest BCUT2D eigenvalue weighted by molar-refractivity contribution is 5.87. The second kappa shape index (κ2) is 16.5. The first-order chi connectivity index (χ1) is 11.0. The Kier molecular flexibility index (Phi) is 16.2. The van der Waals surface area contributed by atoms with Crippen molar-refractivity contribution in [2.24, 2.45) is 5.92 Å². The number of aliphatic hydroxyl groups is 1. The fraction of sp³-hybridized carbons (Fsp3) is 0.905. The zero-order valence-corrected chi connectivity index (χ0v) is 16.0. The van der Waals surface area contributed by atoms with Crippen LogP contribution in [-0.4, -0.2) is 17.0 Å². The molecule has 0 aliphatic heterocycles. The molecule has 1 unspecified atom stereocenters. The van der Waals surface area contributed by atoms with Crippen molar-refractivity contribution in [1.29, 1.82) is 0 Å². The maximum absolute atomic E-state index is 11.4. The van der Waals surface area contributed by atoms with Crippen LogP contribution in [0, 0.1) is 12.3 Å². The highest BCUT2D eigenvalue weighted by Crippen LogP contribution is 2.14. The van der Waals surface area contributed by atoms with Gasteiger partial charge in [-0.25, -0.2) is 0 Å². The predicted molar refractivity (Wildman–Crippen MR) is 100 cm³/mol. The van der Waals surface area contributed by atoms with E-state index in [1.165, 1.54) is 77.0 Å². The highest BCUT2D eigenvalue weighted by atomic mass is 16.3. The summed E-state index contributed by atoms with van der Waals surface area (Å²) >= 11 is 0. The van der Waals surface area contributed by atoms with Gasteiger partial charge >= 0.3 is 0 Å². The lowest BCUT2D eigenvalue weighted by Crippen LogP contribution is -2.10. The van der Waals surface area contributed by atoms with E-state index in [1.54, 1.807) is 6.92 Å². The van der Waals surface area contributed by atoms with Gasteiger partial charge in [-0.05, 0) is 19.3 Å². The third-order valence-corrected chi connectivity index (χ3v) is 4.38. The summed E-state index contributed by atoms with van der Waals surface area (Å²) in [5.41, 5.74) is 0. The third-order valence-electron chi connectivity index (χ3n) is 4.38. The van der Waals surface area contributed by atoms with E-state index in [0.717, 1.165) is 18.8 Å². The number of aliphatic hydroxyl groups excluding tert-OH is 1. The number of Topliss-reactive ketones (excluding diaryl/α,β-unsaturated/α-hetero) is 1. The van der Waals surface area contributed by atoms with E-state index >= 15 is 0 Å². The molecule has 0 aromatic carbocycles. The van der Waals surface area contributed by atoms with Gasteiger partial charge in [-0.1, -0.05) is 90.9 Å². The Morgan fingerprint density at radius 3 is 1.52 bits per heavy atom. The Hall–Kier alpha value is -0.370. The smallest absolute Gasteiger partial charge is 0.139 e. The lowest BCUT2D eigenvalue weighted by atomic mass is 10.0. The second-order valence-electron chi connectivity index (χ2n) is 7.55. The van der Waals surface area contributed by atoms with Gasteiger partial charge in [0.1, 0.15) is 5.78 Å². The highest BCUT2D eigenvalue weighted by Gasteiger charge is 2.05. The van der Waals surface area contributed by atoms with Crippen molar-refractivity contribution in [3.63, 3.8) is 0 Å². The normalized spacial score (nSPS) is 12.7. The molecular formula is C21H41O2. The summed E-state index contributed by atoms with van der Waals surface area (Å²) in [7, 11) is 0. The number of hydrogen-bond donors (Lipinski definition) is 1. The molecule has 0 spiro atoms. The standard InChI is InChI=1S/C21H41O2/c1-19(2)16-14-12-10-8-6-4-5-7-9-11-13-15-17-21(23)18-20(3)22/h18-20,22H,4-17H2,1-3H3. The number of rotatable bonds is 17. The van der Waals surface area contributed by atoms with Crippen molar-refractivity contribution in [2.75, 3.05) is 0 Å². The van der Waals surface area contributed by atoms with Gasteiger partial charge in [0.05, 0.1) is 12.5 Å². The summed E-state index contributed by atoms with van der Waals surface area (Å²) in [5.74, 6) is 0.956. The SMILES string of the molecule is CC(O)[CH]C(=O)CCCCCCCCCCCCCCC(C)C. The van der Waals surface area contributed by atoms with E-state index in [-0.39, 0.29) is 5.78 Å². The summed E-state index contributed by atoms with van der Waals surface area (Å²) in [6.07, 6.45) is 18.7. The van der Waals surface area contributed by atoms with Crippen molar-refractivity contribution in [3.05, 3.63) is 6.42 Å². The van der Waals surface area contributed by atoms with Crippen LogP contribution < -0.4 is 0 Å². The molecule has 0 aromatic rings. The Labute approximate surface area is 145 Å². The van der Waals surface area contributed by atoms with E-state index < -0.39 is 6.10 Å². The van der Waals surface area contributed by atoms with Crippen LogP contribution in [0.15, 0.2) is 0 Å². The molecule has 0 amide bonds. The van der Waals surface area contributed by atoms with Crippen LogP contribution >= 0.6 is 0 Å².